The molecule has 0 atom stereocenters. The maximum Gasteiger partial charge on any atom is 0.231 e. The minimum absolute atomic E-state index is 0.252. The van der Waals surface area contributed by atoms with Crippen molar-refractivity contribution in [3.63, 3.8) is 0 Å². The number of thioether (sulfide) groups is 1. The highest BCUT2D eigenvalue weighted by Crippen LogP contribution is 2.39. The van der Waals surface area contributed by atoms with Crippen LogP contribution in [-0.4, -0.2) is 49.2 Å². The van der Waals surface area contributed by atoms with Crippen molar-refractivity contribution >= 4 is 33.5 Å². The molecule has 2 aliphatic rings. The van der Waals surface area contributed by atoms with Crippen molar-refractivity contribution in [2.75, 3.05) is 34.2 Å². The molecule has 0 spiro atoms. The molecule has 0 saturated carbocycles. The highest BCUT2D eigenvalue weighted by atomic mass is 32.2. The summed E-state index contributed by atoms with van der Waals surface area (Å²) in [6.45, 7) is 2.33. The normalized spacial score (nSPS) is 16.2. The van der Waals surface area contributed by atoms with Gasteiger partial charge in [0.1, 0.15) is 10.8 Å². The van der Waals surface area contributed by atoms with E-state index >= 15 is 0 Å². The Morgan fingerprint density at radius 2 is 2.00 bits per heavy atom. The van der Waals surface area contributed by atoms with E-state index in [0.29, 0.717) is 13.2 Å². The van der Waals surface area contributed by atoms with E-state index in [9.17, 15) is 0 Å². The predicted molar refractivity (Wildman–Crippen MR) is 116 cm³/mol. The molecule has 154 valence electrons. The van der Waals surface area contributed by atoms with Gasteiger partial charge in [-0.1, -0.05) is 6.07 Å². The number of nitrogens with zero attached hydrogens (tertiary/aromatic N) is 3. The van der Waals surface area contributed by atoms with Gasteiger partial charge < -0.3 is 23.8 Å². The zero-order chi connectivity index (χ0) is 20.5. The first-order chi connectivity index (χ1) is 14.7. The monoisotopic (exact) mass is 423 g/mol. The number of hydrogen-bond acceptors (Lipinski definition) is 7. The van der Waals surface area contributed by atoms with E-state index in [1.54, 1.807) is 26.0 Å². The van der Waals surface area contributed by atoms with E-state index in [-0.39, 0.29) is 6.79 Å². The van der Waals surface area contributed by atoms with Crippen molar-refractivity contribution in [3.05, 3.63) is 48.0 Å². The molecular weight excluding hydrogens is 402 g/mol. The summed E-state index contributed by atoms with van der Waals surface area (Å²) in [5, 5.41) is 2.88. The van der Waals surface area contributed by atoms with Crippen LogP contribution in [0.5, 0.6) is 17.2 Å². The SMILES string of the molecule is COCCN1Cc2cc3cc4c(cc3nc2SC1=Nc1cccc(OC)c1)OCO4. The molecule has 0 bridgehead atoms. The lowest BCUT2D eigenvalue weighted by Gasteiger charge is -2.30. The second-order valence-electron chi connectivity index (χ2n) is 6.96. The highest BCUT2D eigenvalue weighted by Gasteiger charge is 2.25. The summed E-state index contributed by atoms with van der Waals surface area (Å²) in [5.41, 5.74) is 2.88. The topological polar surface area (TPSA) is 65.4 Å². The fourth-order valence-electron chi connectivity index (χ4n) is 3.48. The Labute approximate surface area is 178 Å². The van der Waals surface area contributed by atoms with Crippen LogP contribution in [-0.2, 0) is 11.3 Å². The lowest BCUT2D eigenvalue weighted by atomic mass is 10.1. The Balaban J connectivity index is 1.54. The van der Waals surface area contributed by atoms with Crippen molar-refractivity contribution in [2.24, 2.45) is 4.99 Å². The van der Waals surface area contributed by atoms with Crippen molar-refractivity contribution in [1.82, 2.24) is 9.88 Å². The molecular formula is C22H21N3O4S. The molecule has 30 heavy (non-hydrogen) atoms. The average molecular weight is 423 g/mol. The van der Waals surface area contributed by atoms with Crippen molar-refractivity contribution in [2.45, 2.75) is 11.6 Å². The van der Waals surface area contributed by atoms with Crippen LogP contribution in [0.1, 0.15) is 5.56 Å². The standard InChI is InChI=1S/C22H21N3O4S/c1-26-7-6-25-12-15-8-14-9-19-20(29-13-28-19)11-18(14)24-21(15)30-22(25)23-16-4-3-5-17(10-16)27-2/h3-5,8-11H,6-7,12-13H2,1-2H3. The molecule has 8 heteroatoms. The van der Waals surface area contributed by atoms with Gasteiger partial charge >= 0.3 is 0 Å². The van der Waals surface area contributed by atoms with E-state index in [1.807, 2.05) is 36.4 Å². The maximum absolute atomic E-state index is 5.52. The summed E-state index contributed by atoms with van der Waals surface area (Å²) in [7, 11) is 3.37. The van der Waals surface area contributed by atoms with Crippen molar-refractivity contribution < 1.29 is 18.9 Å². The Kier molecular flexibility index (Phi) is 5.10. The molecule has 7 nitrogen and oxygen atoms in total. The van der Waals surface area contributed by atoms with Crippen LogP contribution in [0.4, 0.5) is 5.69 Å². The van der Waals surface area contributed by atoms with Crippen LogP contribution in [0.25, 0.3) is 10.9 Å². The number of aromatic nitrogens is 1. The van der Waals surface area contributed by atoms with Gasteiger partial charge in [-0.15, -0.1) is 0 Å². The van der Waals surface area contributed by atoms with Gasteiger partial charge in [0.15, 0.2) is 16.7 Å². The fourth-order valence-corrected chi connectivity index (χ4v) is 4.48. The van der Waals surface area contributed by atoms with Crippen LogP contribution < -0.4 is 14.2 Å². The molecule has 0 radical (unpaired) electrons. The molecule has 3 heterocycles. The van der Waals surface area contributed by atoms with Gasteiger partial charge in [-0.3, -0.25) is 0 Å². The molecule has 2 aliphatic heterocycles. The lowest BCUT2D eigenvalue weighted by molar-refractivity contribution is 0.174. The first-order valence-electron chi connectivity index (χ1n) is 9.61. The van der Waals surface area contributed by atoms with E-state index < -0.39 is 0 Å². The number of methoxy groups -OCH3 is 2. The highest BCUT2D eigenvalue weighted by molar-refractivity contribution is 8.13. The predicted octanol–water partition coefficient (Wildman–Crippen LogP) is 4.21. The molecule has 0 fully saturated rings. The average Bonchev–Trinajstić information content (AvgIpc) is 3.22. The quantitative estimate of drug-likeness (QED) is 0.609. The Hall–Kier alpha value is -2.97. The van der Waals surface area contributed by atoms with Gasteiger partial charge in [-0.05, 0) is 36.0 Å². The summed E-state index contributed by atoms with van der Waals surface area (Å²) in [5.74, 6) is 2.29. The number of pyridine rings is 1. The molecule has 1 aromatic heterocycles. The van der Waals surface area contributed by atoms with Gasteiger partial charge in [0, 0.05) is 43.3 Å². The van der Waals surface area contributed by atoms with Crippen LogP contribution in [0.3, 0.4) is 0 Å². The Bertz CT molecular complexity index is 1130. The second-order valence-corrected chi connectivity index (χ2v) is 7.92. The van der Waals surface area contributed by atoms with Crippen LogP contribution >= 0.6 is 11.8 Å². The van der Waals surface area contributed by atoms with Crippen molar-refractivity contribution in [1.29, 1.82) is 0 Å². The zero-order valence-electron chi connectivity index (χ0n) is 16.8. The van der Waals surface area contributed by atoms with Crippen molar-refractivity contribution in [3.8, 4) is 17.2 Å². The third-order valence-corrected chi connectivity index (χ3v) is 6.09. The number of fused-ring (bicyclic) bond motifs is 3. The fraction of sp³-hybridized carbons (Fsp3) is 0.273. The number of aliphatic imine (C=N–C) groups is 1. The summed E-state index contributed by atoms with van der Waals surface area (Å²) in [4.78, 5) is 12.0. The third-order valence-electron chi connectivity index (χ3n) is 5.01. The summed E-state index contributed by atoms with van der Waals surface area (Å²) < 4.78 is 21.7. The number of amidine groups is 1. The van der Waals surface area contributed by atoms with Crippen LogP contribution in [0.15, 0.2) is 52.5 Å². The number of hydrogen-bond donors (Lipinski definition) is 0. The van der Waals surface area contributed by atoms with E-state index in [4.69, 9.17) is 28.9 Å². The molecule has 3 aromatic rings. The second kappa shape index (κ2) is 8.04. The Morgan fingerprint density at radius 1 is 1.13 bits per heavy atom. The first-order valence-corrected chi connectivity index (χ1v) is 10.4. The molecule has 0 aliphatic carbocycles. The first kappa shape index (κ1) is 19.0. The van der Waals surface area contributed by atoms with E-state index in [1.165, 1.54) is 0 Å². The summed E-state index contributed by atoms with van der Waals surface area (Å²) >= 11 is 1.57. The lowest BCUT2D eigenvalue weighted by Crippen LogP contribution is -2.34. The number of benzene rings is 2. The molecule has 5 rings (SSSR count). The van der Waals surface area contributed by atoms with Gasteiger partial charge in [-0.2, -0.15) is 0 Å². The number of ether oxygens (including phenoxy) is 4. The van der Waals surface area contributed by atoms with Crippen LogP contribution in [0, 0.1) is 0 Å². The number of rotatable bonds is 5. The van der Waals surface area contributed by atoms with Gasteiger partial charge in [0.25, 0.3) is 0 Å². The van der Waals surface area contributed by atoms with Gasteiger partial charge in [-0.25, -0.2) is 9.98 Å². The van der Waals surface area contributed by atoms with E-state index in [2.05, 4.69) is 11.0 Å². The van der Waals surface area contributed by atoms with E-state index in [0.717, 1.165) is 56.1 Å². The molecule has 2 aromatic carbocycles. The van der Waals surface area contributed by atoms with Gasteiger partial charge in [0.2, 0.25) is 6.79 Å². The molecule has 0 saturated heterocycles. The van der Waals surface area contributed by atoms with Crippen LogP contribution in [0.2, 0.25) is 0 Å². The summed E-state index contributed by atoms with van der Waals surface area (Å²) in [6.07, 6.45) is 0. The minimum atomic E-state index is 0.252. The zero-order valence-corrected chi connectivity index (χ0v) is 17.6. The maximum atomic E-state index is 5.52. The Morgan fingerprint density at radius 3 is 2.83 bits per heavy atom. The summed E-state index contributed by atoms with van der Waals surface area (Å²) in [6, 6.07) is 13.8. The smallest absolute Gasteiger partial charge is 0.231 e. The third kappa shape index (κ3) is 3.64. The largest absolute Gasteiger partial charge is 0.497 e. The molecule has 0 unspecified atom stereocenters. The molecule has 0 N–H and O–H groups in total. The molecule has 0 amide bonds. The van der Waals surface area contributed by atoms with Gasteiger partial charge in [0.05, 0.1) is 24.9 Å². The minimum Gasteiger partial charge on any atom is -0.497 e.